The summed E-state index contributed by atoms with van der Waals surface area (Å²) in [7, 11) is 0. The number of piperidine rings is 1. The van der Waals surface area contributed by atoms with Crippen molar-refractivity contribution >= 4 is 17.7 Å². The molecule has 0 bridgehead atoms. The first-order valence-corrected chi connectivity index (χ1v) is 10.6. The molecule has 25 heavy (non-hydrogen) atoms. The van der Waals surface area contributed by atoms with Gasteiger partial charge >= 0.3 is 0 Å². The van der Waals surface area contributed by atoms with E-state index >= 15 is 0 Å². The molecule has 1 aromatic rings. The predicted octanol–water partition coefficient (Wildman–Crippen LogP) is 2.80. The van der Waals surface area contributed by atoms with Crippen molar-refractivity contribution in [2.45, 2.75) is 25.5 Å². The second-order valence-electron chi connectivity index (χ2n) is 7.16. The zero-order valence-electron chi connectivity index (χ0n) is 15.3. The first-order chi connectivity index (χ1) is 12.2. The number of aryl methyl sites for hydroxylation is 1. The standard InChI is InChI=1S/C20H30N2O2S/c1-17-4-2-3-5-19(17)15-25-16-20(23)22-8-6-18(7-9-22)14-21-10-12-24-13-11-21/h2-5,18H,6-16H2,1H3. The summed E-state index contributed by atoms with van der Waals surface area (Å²) in [6, 6.07) is 8.43. The van der Waals surface area contributed by atoms with E-state index in [2.05, 4.69) is 41.0 Å². The normalized spacial score (nSPS) is 20.0. The fourth-order valence-corrected chi connectivity index (χ4v) is 4.63. The molecule has 0 radical (unpaired) electrons. The molecule has 0 atom stereocenters. The second kappa shape index (κ2) is 9.60. The van der Waals surface area contributed by atoms with Crippen LogP contribution in [0.5, 0.6) is 0 Å². The Kier molecular flexibility index (Phi) is 7.20. The van der Waals surface area contributed by atoms with Crippen molar-refractivity contribution in [3.05, 3.63) is 35.4 Å². The number of thioether (sulfide) groups is 1. The summed E-state index contributed by atoms with van der Waals surface area (Å²) >= 11 is 1.74. The highest BCUT2D eigenvalue weighted by Gasteiger charge is 2.24. The molecule has 0 spiro atoms. The summed E-state index contributed by atoms with van der Waals surface area (Å²) in [5.41, 5.74) is 2.65. The zero-order chi connectivity index (χ0) is 17.5. The van der Waals surface area contributed by atoms with Crippen LogP contribution in [0.15, 0.2) is 24.3 Å². The number of carbonyl (C=O) groups is 1. The summed E-state index contributed by atoms with van der Waals surface area (Å²) in [6.45, 7) is 9.04. The van der Waals surface area contributed by atoms with Crippen LogP contribution in [0.25, 0.3) is 0 Å². The van der Waals surface area contributed by atoms with Gasteiger partial charge in [0.25, 0.3) is 0 Å². The van der Waals surface area contributed by atoms with Gasteiger partial charge in [0, 0.05) is 38.5 Å². The maximum absolute atomic E-state index is 12.4. The van der Waals surface area contributed by atoms with E-state index in [1.54, 1.807) is 11.8 Å². The Morgan fingerprint density at radius 3 is 2.60 bits per heavy atom. The Balaban J connectivity index is 1.34. The first kappa shape index (κ1) is 18.7. The molecule has 2 fully saturated rings. The van der Waals surface area contributed by atoms with Gasteiger partial charge in [0.1, 0.15) is 0 Å². The Labute approximate surface area is 155 Å². The summed E-state index contributed by atoms with van der Waals surface area (Å²) < 4.78 is 5.42. The third kappa shape index (κ3) is 5.73. The topological polar surface area (TPSA) is 32.8 Å². The van der Waals surface area contributed by atoms with Crippen LogP contribution in [0.2, 0.25) is 0 Å². The number of morpholine rings is 1. The van der Waals surface area contributed by atoms with E-state index in [-0.39, 0.29) is 0 Å². The van der Waals surface area contributed by atoms with Gasteiger partial charge in [-0.3, -0.25) is 9.69 Å². The molecule has 138 valence electrons. The van der Waals surface area contributed by atoms with Crippen LogP contribution in [-0.2, 0) is 15.3 Å². The number of likely N-dealkylation sites (tertiary alicyclic amines) is 1. The highest BCUT2D eigenvalue weighted by molar-refractivity contribution is 7.99. The Morgan fingerprint density at radius 2 is 1.88 bits per heavy atom. The highest BCUT2D eigenvalue weighted by atomic mass is 32.2. The van der Waals surface area contributed by atoms with E-state index in [1.807, 2.05) is 0 Å². The SMILES string of the molecule is Cc1ccccc1CSCC(=O)N1CCC(CN2CCOCC2)CC1. The summed E-state index contributed by atoms with van der Waals surface area (Å²) in [5, 5.41) is 0. The molecule has 2 saturated heterocycles. The summed E-state index contributed by atoms with van der Waals surface area (Å²) in [5.74, 6) is 2.57. The lowest BCUT2D eigenvalue weighted by molar-refractivity contribution is -0.129. The number of ether oxygens (including phenoxy) is 1. The number of rotatable bonds is 6. The molecule has 2 aliphatic heterocycles. The average molecular weight is 363 g/mol. The van der Waals surface area contributed by atoms with E-state index in [4.69, 9.17) is 4.74 Å². The molecule has 5 heteroatoms. The number of hydrogen-bond acceptors (Lipinski definition) is 4. The lowest BCUT2D eigenvalue weighted by atomic mass is 9.96. The number of amides is 1. The van der Waals surface area contributed by atoms with Crippen molar-refractivity contribution in [1.29, 1.82) is 0 Å². The van der Waals surface area contributed by atoms with E-state index in [1.165, 1.54) is 17.7 Å². The number of benzene rings is 1. The third-order valence-electron chi connectivity index (χ3n) is 5.33. The van der Waals surface area contributed by atoms with Crippen LogP contribution >= 0.6 is 11.8 Å². The predicted molar refractivity (Wildman–Crippen MR) is 104 cm³/mol. The number of carbonyl (C=O) groups excluding carboxylic acids is 1. The molecule has 4 nitrogen and oxygen atoms in total. The van der Waals surface area contributed by atoms with Crippen LogP contribution in [0, 0.1) is 12.8 Å². The van der Waals surface area contributed by atoms with Crippen molar-refractivity contribution < 1.29 is 9.53 Å². The molecule has 3 rings (SSSR count). The van der Waals surface area contributed by atoms with Crippen LogP contribution in [0.3, 0.4) is 0 Å². The van der Waals surface area contributed by atoms with Crippen molar-refractivity contribution in [2.75, 3.05) is 51.7 Å². The quantitative estimate of drug-likeness (QED) is 0.779. The maximum atomic E-state index is 12.4. The van der Waals surface area contributed by atoms with Gasteiger partial charge in [-0.25, -0.2) is 0 Å². The minimum atomic E-state index is 0.309. The van der Waals surface area contributed by atoms with Gasteiger partial charge in [-0.05, 0) is 36.8 Å². The van der Waals surface area contributed by atoms with Gasteiger partial charge in [0.15, 0.2) is 0 Å². The largest absolute Gasteiger partial charge is 0.379 e. The van der Waals surface area contributed by atoms with Gasteiger partial charge in [0.2, 0.25) is 5.91 Å². The zero-order valence-corrected chi connectivity index (χ0v) is 16.1. The maximum Gasteiger partial charge on any atom is 0.232 e. The Hall–Kier alpha value is -1.04. The molecular weight excluding hydrogens is 332 g/mol. The molecule has 0 N–H and O–H groups in total. The molecule has 2 heterocycles. The number of hydrogen-bond donors (Lipinski definition) is 0. The van der Waals surface area contributed by atoms with Crippen LogP contribution < -0.4 is 0 Å². The highest BCUT2D eigenvalue weighted by Crippen LogP contribution is 2.21. The van der Waals surface area contributed by atoms with Gasteiger partial charge in [-0.2, -0.15) is 0 Å². The van der Waals surface area contributed by atoms with Crippen molar-refractivity contribution in [2.24, 2.45) is 5.92 Å². The van der Waals surface area contributed by atoms with E-state index < -0.39 is 0 Å². The van der Waals surface area contributed by atoms with Gasteiger partial charge in [0.05, 0.1) is 19.0 Å². The summed E-state index contributed by atoms with van der Waals surface area (Å²) in [6.07, 6.45) is 2.29. The summed E-state index contributed by atoms with van der Waals surface area (Å²) in [4.78, 5) is 17.0. The molecule has 2 aliphatic rings. The fraction of sp³-hybridized carbons (Fsp3) is 0.650. The minimum Gasteiger partial charge on any atom is -0.379 e. The van der Waals surface area contributed by atoms with E-state index in [9.17, 15) is 4.79 Å². The first-order valence-electron chi connectivity index (χ1n) is 9.42. The Morgan fingerprint density at radius 1 is 1.16 bits per heavy atom. The molecule has 0 aliphatic carbocycles. The van der Waals surface area contributed by atoms with Crippen molar-refractivity contribution in [3.8, 4) is 0 Å². The molecule has 1 aromatic carbocycles. The van der Waals surface area contributed by atoms with Crippen molar-refractivity contribution in [3.63, 3.8) is 0 Å². The van der Waals surface area contributed by atoms with Crippen LogP contribution in [-0.4, -0.2) is 67.4 Å². The van der Waals surface area contributed by atoms with Gasteiger partial charge in [-0.15, -0.1) is 11.8 Å². The van der Waals surface area contributed by atoms with Crippen LogP contribution in [0.4, 0.5) is 0 Å². The fourth-order valence-electron chi connectivity index (χ4n) is 3.63. The molecule has 0 saturated carbocycles. The lowest BCUT2D eigenvalue weighted by Crippen LogP contribution is -2.44. The van der Waals surface area contributed by atoms with Crippen molar-refractivity contribution in [1.82, 2.24) is 9.80 Å². The minimum absolute atomic E-state index is 0.309. The molecule has 0 aromatic heterocycles. The monoisotopic (exact) mass is 362 g/mol. The average Bonchev–Trinajstić information content (AvgIpc) is 2.65. The van der Waals surface area contributed by atoms with E-state index in [0.29, 0.717) is 11.7 Å². The lowest BCUT2D eigenvalue weighted by Gasteiger charge is -2.36. The molecule has 1 amide bonds. The second-order valence-corrected chi connectivity index (χ2v) is 8.14. The molecule has 0 unspecified atom stereocenters. The van der Waals surface area contributed by atoms with Gasteiger partial charge in [-0.1, -0.05) is 24.3 Å². The number of nitrogens with zero attached hydrogens (tertiary/aromatic N) is 2. The van der Waals surface area contributed by atoms with Gasteiger partial charge < -0.3 is 9.64 Å². The third-order valence-corrected chi connectivity index (χ3v) is 6.30. The van der Waals surface area contributed by atoms with Crippen LogP contribution in [0.1, 0.15) is 24.0 Å². The molecular formula is C20H30N2O2S. The Bertz CT molecular complexity index is 552. The smallest absolute Gasteiger partial charge is 0.232 e. The van der Waals surface area contributed by atoms with E-state index in [0.717, 1.165) is 63.9 Å².